The number of aliphatic hydroxyl groups is 1. The highest BCUT2D eigenvalue weighted by Gasteiger charge is 2.56. The molecule has 0 bridgehead atoms. The van der Waals surface area contributed by atoms with E-state index in [1.807, 2.05) is 0 Å². The average Bonchev–Trinajstić information content (AvgIpc) is 1.83. The topological polar surface area (TPSA) is 47.9 Å². The van der Waals surface area contributed by atoms with Crippen LogP contribution in [0.1, 0.15) is 13.8 Å². The molecule has 0 radical (unpaired) electrons. The van der Waals surface area contributed by atoms with E-state index in [4.69, 9.17) is 5.11 Å². The highest BCUT2D eigenvalue weighted by Crippen LogP contribution is 2.34. The van der Waals surface area contributed by atoms with Gasteiger partial charge in [0.1, 0.15) is 6.54 Å². The first-order valence-electron chi connectivity index (χ1n) is 3.34. The SMILES string of the molecule is CC(C)C(O)(C[NH3+])C(F)(F)F.[Cl-]. The van der Waals surface area contributed by atoms with Crippen LogP contribution in [0.3, 0.4) is 0 Å². The van der Waals surface area contributed by atoms with Gasteiger partial charge in [0.15, 0.2) is 0 Å². The lowest BCUT2D eigenvalue weighted by Gasteiger charge is -2.30. The number of halogens is 4. The number of hydrogen-bond donors (Lipinski definition) is 2. The van der Waals surface area contributed by atoms with Crippen LogP contribution in [0.25, 0.3) is 0 Å². The zero-order valence-corrected chi connectivity index (χ0v) is 7.71. The van der Waals surface area contributed by atoms with Gasteiger partial charge in [-0.1, -0.05) is 13.8 Å². The van der Waals surface area contributed by atoms with Crippen LogP contribution in [0.15, 0.2) is 0 Å². The molecule has 0 amide bonds. The van der Waals surface area contributed by atoms with Crippen molar-refractivity contribution in [2.75, 3.05) is 6.54 Å². The molecular weight excluding hydrogens is 195 g/mol. The number of alkyl halides is 3. The fraction of sp³-hybridized carbons (Fsp3) is 1.00. The lowest BCUT2D eigenvalue weighted by atomic mass is 9.90. The molecule has 0 rings (SSSR count). The van der Waals surface area contributed by atoms with Crippen LogP contribution in [-0.4, -0.2) is 23.4 Å². The predicted molar refractivity (Wildman–Crippen MR) is 33.6 cm³/mol. The summed E-state index contributed by atoms with van der Waals surface area (Å²) in [4.78, 5) is 0. The molecule has 2 nitrogen and oxygen atoms in total. The summed E-state index contributed by atoms with van der Waals surface area (Å²) in [7, 11) is 0. The Kier molecular flexibility index (Phi) is 5.20. The van der Waals surface area contributed by atoms with Gasteiger partial charge >= 0.3 is 6.18 Å². The van der Waals surface area contributed by atoms with Crippen LogP contribution in [-0.2, 0) is 0 Å². The van der Waals surface area contributed by atoms with Gasteiger partial charge in [-0.2, -0.15) is 13.2 Å². The maximum atomic E-state index is 12.1. The molecule has 0 saturated carbocycles. The predicted octanol–water partition coefficient (Wildman–Crippen LogP) is -2.82. The van der Waals surface area contributed by atoms with E-state index in [1.165, 1.54) is 13.8 Å². The van der Waals surface area contributed by atoms with Gasteiger partial charge in [0.25, 0.3) is 0 Å². The van der Waals surface area contributed by atoms with Gasteiger partial charge in [-0.3, -0.25) is 0 Å². The maximum Gasteiger partial charge on any atom is 0.423 e. The Hall–Kier alpha value is -0.0000000000000000555. The summed E-state index contributed by atoms with van der Waals surface area (Å²) >= 11 is 0. The second kappa shape index (κ2) is 4.30. The fourth-order valence-electron chi connectivity index (χ4n) is 0.758. The molecule has 6 heteroatoms. The molecule has 1 unspecified atom stereocenters. The zero-order chi connectivity index (χ0) is 9.28. The highest BCUT2D eigenvalue weighted by molar-refractivity contribution is 4.88. The third-order valence-corrected chi connectivity index (χ3v) is 1.83. The van der Waals surface area contributed by atoms with E-state index in [1.54, 1.807) is 0 Å². The van der Waals surface area contributed by atoms with Crippen molar-refractivity contribution in [1.82, 2.24) is 0 Å². The van der Waals surface area contributed by atoms with Gasteiger partial charge in [0, 0.05) is 0 Å². The molecule has 0 aliphatic heterocycles. The van der Waals surface area contributed by atoms with Crippen molar-refractivity contribution in [3.63, 3.8) is 0 Å². The molecule has 0 aromatic heterocycles. The molecule has 0 aliphatic rings. The van der Waals surface area contributed by atoms with Crippen molar-refractivity contribution in [3.05, 3.63) is 0 Å². The van der Waals surface area contributed by atoms with Crippen LogP contribution in [0.4, 0.5) is 13.2 Å². The molecule has 0 aromatic carbocycles. The lowest BCUT2D eigenvalue weighted by molar-refractivity contribution is -0.437. The first-order valence-corrected chi connectivity index (χ1v) is 3.34. The van der Waals surface area contributed by atoms with Gasteiger partial charge in [-0.05, 0) is 5.92 Å². The number of hydrogen-bond acceptors (Lipinski definition) is 1. The first-order chi connectivity index (χ1) is 4.75. The van der Waals surface area contributed by atoms with Crippen LogP contribution in [0.2, 0.25) is 0 Å². The third-order valence-electron chi connectivity index (χ3n) is 1.83. The minimum atomic E-state index is -4.58. The van der Waals surface area contributed by atoms with Crippen LogP contribution in [0, 0.1) is 5.92 Å². The Balaban J connectivity index is 0. The largest absolute Gasteiger partial charge is 1.00 e. The molecule has 0 fully saturated rings. The normalized spacial score (nSPS) is 17.0. The molecule has 0 saturated heterocycles. The molecule has 4 N–H and O–H groups in total. The molecule has 76 valence electrons. The molecule has 0 aliphatic carbocycles. The van der Waals surface area contributed by atoms with E-state index in [0.29, 0.717) is 0 Å². The van der Waals surface area contributed by atoms with E-state index >= 15 is 0 Å². The summed E-state index contributed by atoms with van der Waals surface area (Å²) in [5.74, 6) is -0.861. The van der Waals surface area contributed by atoms with E-state index in [9.17, 15) is 13.2 Å². The highest BCUT2D eigenvalue weighted by atomic mass is 35.5. The van der Waals surface area contributed by atoms with Gasteiger partial charge < -0.3 is 23.2 Å². The smallest absolute Gasteiger partial charge is 0.423 e. The van der Waals surface area contributed by atoms with Crippen molar-refractivity contribution in [3.8, 4) is 0 Å². The Labute approximate surface area is 75.3 Å². The van der Waals surface area contributed by atoms with Gasteiger partial charge in [-0.15, -0.1) is 0 Å². The average molecular weight is 208 g/mol. The molecule has 1 atom stereocenters. The quantitative estimate of drug-likeness (QED) is 0.505. The first kappa shape index (κ1) is 14.5. The molecule has 12 heavy (non-hydrogen) atoms. The molecular formula is C6H13ClF3NO. The van der Waals surface area contributed by atoms with Crippen LogP contribution in [0.5, 0.6) is 0 Å². The summed E-state index contributed by atoms with van der Waals surface area (Å²) < 4.78 is 36.2. The van der Waals surface area contributed by atoms with Crippen LogP contribution >= 0.6 is 0 Å². The second-order valence-corrected chi connectivity index (χ2v) is 2.83. The minimum absolute atomic E-state index is 0. The van der Waals surface area contributed by atoms with E-state index < -0.39 is 24.2 Å². The third kappa shape index (κ3) is 2.50. The van der Waals surface area contributed by atoms with Gasteiger partial charge in [0.05, 0.1) is 0 Å². The monoisotopic (exact) mass is 207 g/mol. The van der Waals surface area contributed by atoms with Crippen molar-refractivity contribution in [2.24, 2.45) is 5.92 Å². The minimum Gasteiger partial charge on any atom is -1.00 e. The Bertz CT molecular complexity index is 139. The Morgan fingerprint density at radius 3 is 1.67 bits per heavy atom. The van der Waals surface area contributed by atoms with Crippen molar-refractivity contribution >= 4 is 0 Å². The van der Waals surface area contributed by atoms with E-state index in [-0.39, 0.29) is 12.4 Å². The van der Waals surface area contributed by atoms with Gasteiger partial charge in [0.2, 0.25) is 5.60 Å². The summed E-state index contributed by atoms with van der Waals surface area (Å²) in [5.41, 5.74) is 0.444. The maximum absolute atomic E-state index is 12.1. The van der Waals surface area contributed by atoms with Crippen molar-refractivity contribution < 1.29 is 36.4 Å². The molecule has 0 spiro atoms. The second-order valence-electron chi connectivity index (χ2n) is 2.83. The number of quaternary nitrogens is 1. The number of rotatable bonds is 2. The zero-order valence-electron chi connectivity index (χ0n) is 6.95. The summed E-state index contributed by atoms with van der Waals surface area (Å²) in [6.45, 7) is 2.09. The van der Waals surface area contributed by atoms with Crippen molar-refractivity contribution in [2.45, 2.75) is 25.6 Å². The van der Waals surface area contributed by atoms with Crippen LogP contribution < -0.4 is 18.1 Å². The fourth-order valence-corrected chi connectivity index (χ4v) is 0.758. The van der Waals surface area contributed by atoms with Crippen molar-refractivity contribution in [1.29, 1.82) is 0 Å². The lowest BCUT2D eigenvalue weighted by Crippen LogP contribution is -3.00. The van der Waals surface area contributed by atoms with E-state index in [2.05, 4.69) is 5.73 Å². The summed E-state index contributed by atoms with van der Waals surface area (Å²) in [5, 5.41) is 9.05. The van der Waals surface area contributed by atoms with E-state index in [0.717, 1.165) is 0 Å². The Morgan fingerprint density at radius 1 is 1.33 bits per heavy atom. The summed E-state index contributed by atoms with van der Waals surface area (Å²) in [6.07, 6.45) is -4.58. The summed E-state index contributed by atoms with van der Waals surface area (Å²) in [6, 6.07) is 0. The standard InChI is InChI=1S/C6H12F3NO.ClH/c1-4(2)5(11,3-10)6(7,8)9;/h4,11H,3,10H2,1-2H3;1H. The van der Waals surface area contributed by atoms with Gasteiger partial charge in [-0.25, -0.2) is 0 Å². The molecule has 0 heterocycles. The molecule has 0 aromatic rings. The Morgan fingerprint density at radius 2 is 1.67 bits per heavy atom.